The van der Waals surface area contributed by atoms with Gasteiger partial charge in [0.15, 0.2) is 0 Å². The fourth-order valence-corrected chi connectivity index (χ4v) is 3.37. The van der Waals surface area contributed by atoms with E-state index in [9.17, 15) is 26.4 Å². The van der Waals surface area contributed by atoms with Gasteiger partial charge >= 0.3 is 6.18 Å². The predicted molar refractivity (Wildman–Crippen MR) is 96.8 cm³/mol. The van der Waals surface area contributed by atoms with E-state index in [2.05, 4.69) is 10.0 Å². The van der Waals surface area contributed by atoms with Gasteiger partial charge in [-0.05, 0) is 42.8 Å². The molecule has 2 aromatic carbocycles. The van der Waals surface area contributed by atoms with Crippen molar-refractivity contribution in [3.05, 3.63) is 54.1 Å². The number of carbonyl (C=O) groups is 1. The van der Waals surface area contributed by atoms with Gasteiger partial charge in [0.2, 0.25) is 5.91 Å². The van der Waals surface area contributed by atoms with Crippen molar-refractivity contribution in [2.45, 2.75) is 37.3 Å². The summed E-state index contributed by atoms with van der Waals surface area (Å²) in [5.41, 5.74) is -0.870. The SMILES string of the molecule is CCCCC(=O)Nc1cccc(S(=O)(=O)Nc2cccc(C(F)(F)F)c2)c1. The standard InChI is InChI=1S/C18H19F3N2O3S/c1-2-3-10-17(24)22-14-7-5-9-16(12-14)27(25,26)23-15-8-4-6-13(11-15)18(19,20)21/h4-9,11-12,23H,2-3,10H2,1H3,(H,22,24). The zero-order valence-corrected chi connectivity index (χ0v) is 15.3. The van der Waals surface area contributed by atoms with Gasteiger partial charge < -0.3 is 5.32 Å². The fourth-order valence-electron chi connectivity index (χ4n) is 2.27. The van der Waals surface area contributed by atoms with Crippen LogP contribution in [0, 0.1) is 0 Å². The van der Waals surface area contributed by atoms with Crippen molar-refractivity contribution in [2.24, 2.45) is 0 Å². The Morgan fingerprint density at radius 3 is 2.37 bits per heavy atom. The molecule has 0 aliphatic carbocycles. The van der Waals surface area contributed by atoms with Crippen molar-refractivity contribution in [1.82, 2.24) is 0 Å². The Balaban J connectivity index is 2.20. The number of anilines is 2. The van der Waals surface area contributed by atoms with E-state index in [-0.39, 0.29) is 16.5 Å². The Morgan fingerprint density at radius 2 is 1.70 bits per heavy atom. The summed E-state index contributed by atoms with van der Waals surface area (Å²) >= 11 is 0. The molecule has 0 spiro atoms. The normalized spacial score (nSPS) is 11.9. The molecule has 0 fully saturated rings. The summed E-state index contributed by atoms with van der Waals surface area (Å²) in [6.45, 7) is 1.94. The van der Waals surface area contributed by atoms with E-state index in [1.165, 1.54) is 30.3 Å². The average molecular weight is 400 g/mol. The van der Waals surface area contributed by atoms with Crippen LogP contribution in [-0.4, -0.2) is 14.3 Å². The van der Waals surface area contributed by atoms with Crippen LogP contribution >= 0.6 is 0 Å². The minimum absolute atomic E-state index is 0.173. The smallest absolute Gasteiger partial charge is 0.326 e. The van der Waals surface area contributed by atoms with E-state index >= 15 is 0 Å². The number of carbonyl (C=O) groups excluding carboxylic acids is 1. The first-order chi connectivity index (χ1) is 12.6. The summed E-state index contributed by atoms with van der Waals surface area (Å²) in [6.07, 6.45) is -2.70. The molecule has 0 radical (unpaired) electrons. The topological polar surface area (TPSA) is 75.3 Å². The largest absolute Gasteiger partial charge is 0.416 e. The lowest BCUT2D eigenvalue weighted by atomic mass is 10.2. The number of halogens is 3. The molecule has 0 aromatic heterocycles. The van der Waals surface area contributed by atoms with E-state index in [0.717, 1.165) is 18.6 Å². The number of amides is 1. The number of hydrogen-bond acceptors (Lipinski definition) is 3. The lowest BCUT2D eigenvalue weighted by molar-refractivity contribution is -0.137. The number of hydrogen-bond donors (Lipinski definition) is 2. The quantitative estimate of drug-likeness (QED) is 0.711. The Hall–Kier alpha value is -2.55. The molecule has 2 rings (SSSR count). The van der Waals surface area contributed by atoms with Gasteiger partial charge in [-0.3, -0.25) is 9.52 Å². The Bertz CT molecular complexity index is 912. The molecule has 0 saturated carbocycles. The molecule has 0 atom stereocenters. The van der Waals surface area contributed by atoms with Gasteiger partial charge in [-0.25, -0.2) is 8.42 Å². The van der Waals surface area contributed by atoms with Crippen LogP contribution in [0.25, 0.3) is 0 Å². The molecule has 0 unspecified atom stereocenters. The highest BCUT2D eigenvalue weighted by atomic mass is 32.2. The molecule has 0 bridgehead atoms. The third-order valence-corrected chi connectivity index (χ3v) is 5.01. The Kier molecular flexibility index (Phi) is 6.48. The van der Waals surface area contributed by atoms with Gasteiger partial charge in [0.05, 0.1) is 10.5 Å². The zero-order valence-electron chi connectivity index (χ0n) is 14.5. The first-order valence-electron chi connectivity index (χ1n) is 8.22. The maximum Gasteiger partial charge on any atom is 0.416 e. The lowest BCUT2D eigenvalue weighted by Gasteiger charge is -2.12. The van der Waals surface area contributed by atoms with Crippen LogP contribution in [0.4, 0.5) is 24.5 Å². The van der Waals surface area contributed by atoms with Crippen molar-refractivity contribution in [3.8, 4) is 0 Å². The molecule has 0 aliphatic rings. The van der Waals surface area contributed by atoms with E-state index in [1.807, 2.05) is 6.92 Å². The van der Waals surface area contributed by atoms with Crippen molar-refractivity contribution >= 4 is 27.3 Å². The molecule has 2 N–H and O–H groups in total. The second-order valence-electron chi connectivity index (χ2n) is 5.86. The highest BCUT2D eigenvalue weighted by molar-refractivity contribution is 7.92. The van der Waals surface area contributed by atoms with Crippen LogP contribution in [-0.2, 0) is 21.0 Å². The van der Waals surface area contributed by atoms with Gasteiger partial charge in [-0.2, -0.15) is 13.2 Å². The van der Waals surface area contributed by atoms with Gasteiger partial charge in [-0.15, -0.1) is 0 Å². The van der Waals surface area contributed by atoms with Crippen molar-refractivity contribution in [1.29, 1.82) is 0 Å². The van der Waals surface area contributed by atoms with Crippen LogP contribution < -0.4 is 10.0 Å². The minimum atomic E-state index is -4.58. The number of benzene rings is 2. The second kappa shape index (κ2) is 8.43. The van der Waals surface area contributed by atoms with Crippen LogP contribution in [0.1, 0.15) is 31.7 Å². The number of rotatable bonds is 7. The van der Waals surface area contributed by atoms with Crippen LogP contribution in [0.15, 0.2) is 53.4 Å². The van der Waals surface area contributed by atoms with E-state index in [4.69, 9.17) is 0 Å². The summed E-state index contributed by atoms with van der Waals surface area (Å²) in [6, 6.07) is 9.42. The lowest BCUT2D eigenvalue weighted by Crippen LogP contribution is -2.15. The molecule has 27 heavy (non-hydrogen) atoms. The number of unbranched alkanes of at least 4 members (excludes halogenated alkanes) is 1. The van der Waals surface area contributed by atoms with Crippen molar-refractivity contribution in [2.75, 3.05) is 10.0 Å². The summed E-state index contributed by atoms with van der Waals surface area (Å²) in [5.74, 6) is -0.239. The molecule has 146 valence electrons. The molecular weight excluding hydrogens is 381 g/mol. The Morgan fingerprint density at radius 1 is 1.04 bits per heavy atom. The van der Waals surface area contributed by atoms with Crippen molar-refractivity contribution in [3.63, 3.8) is 0 Å². The van der Waals surface area contributed by atoms with Crippen LogP contribution in [0.5, 0.6) is 0 Å². The predicted octanol–water partition coefficient (Wildman–Crippen LogP) is 4.63. The van der Waals surface area contributed by atoms with Crippen LogP contribution in [0.2, 0.25) is 0 Å². The summed E-state index contributed by atoms with van der Waals surface area (Å²) in [4.78, 5) is 11.6. The van der Waals surface area contributed by atoms with Crippen molar-refractivity contribution < 1.29 is 26.4 Å². The number of sulfonamides is 1. The minimum Gasteiger partial charge on any atom is -0.326 e. The molecule has 9 heteroatoms. The zero-order chi connectivity index (χ0) is 20.1. The van der Waals surface area contributed by atoms with Gasteiger partial charge in [-0.1, -0.05) is 25.5 Å². The van der Waals surface area contributed by atoms with Gasteiger partial charge in [0.25, 0.3) is 10.0 Å². The average Bonchev–Trinajstić information content (AvgIpc) is 2.59. The Labute approximate surface area is 155 Å². The first-order valence-corrected chi connectivity index (χ1v) is 9.70. The second-order valence-corrected chi connectivity index (χ2v) is 7.55. The van der Waals surface area contributed by atoms with E-state index < -0.39 is 21.8 Å². The molecule has 0 saturated heterocycles. The van der Waals surface area contributed by atoms with Gasteiger partial charge in [0.1, 0.15) is 0 Å². The highest BCUT2D eigenvalue weighted by Crippen LogP contribution is 2.31. The molecule has 1 amide bonds. The summed E-state index contributed by atoms with van der Waals surface area (Å²) in [5, 5.41) is 2.60. The van der Waals surface area contributed by atoms with E-state index in [1.54, 1.807) is 0 Å². The van der Waals surface area contributed by atoms with Gasteiger partial charge in [0, 0.05) is 17.8 Å². The number of nitrogens with one attached hydrogen (secondary N) is 2. The monoisotopic (exact) mass is 400 g/mol. The summed E-state index contributed by atoms with van der Waals surface area (Å²) in [7, 11) is -4.12. The van der Waals surface area contributed by atoms with Crippen LogP contribution in [0.3, 0.4) is 0 Å². The third-order valence-electron chi connectivity index (χ3n) is 3.63. The fraction of sp³-hybridized carbons (Fsp3) is 0.278. The molecule has 0 heterocycles. The van der Waals surface area contributed by atoms with E-state index in [0.29, 0.717) is 24.6 Å². The first kappa shape index (κ1) is 20.8. The maximum atomic E-state index is 12.8. The highest BCUT2D eigenvalue weighted by Gasteiger charge is 2.30. The summed E-state index contributed by atoms with van der Waals surface area (Å²) < 4.78 is 65.4. The third kappa shape index (κ3) is 5.99. The molecule has 2 aromatic rings. The molecule has 5 nitrogen and oxygen atoms in total. The molecule has 0 aliphatic heterocycles. The number of alkyl halides is 3. The maximum absolute atomic E-state index is 12.8. The molecular formula is C18H19F3N2O3S.